The third-order valence-corrected chi connectivity index (χ3v) is 4.22. The molecule has 2 aliphatic rings. The lowest BCUT2D eigenvalue weighted by atomic mass is 10.0. The van der Waals surface area contributed by atoms with Crippen LogP contribution in [-0.2, 0) is 16.0 Å². The predicted molar refractivity (Wildman–Crippen MR) is 76.5 cm³/mol. The van der Waals surface area contributed by atoms with Gasteiger partial charge in [-0.1, -0.05) is 0 Å². The van der Waals surface area contributed by atoms with E-state index in [2.05, 4.69) is 15.5 Å². The van der Waals surface area contributed by atoms with Crippen LogP contribution in [0.5, 0.6) is 0 Å². The van der Waals surface area contributed by atoms with Crippen LogP contribution in [-0.4, -0.2) is 70.6 Å². The van der Waals surface area contributed by atoms with E-state index in [1.807, 2.05) is 15.9 Å². The number of aromatic nitrogens is 2. The van der Waals surface area contributed by atoms with Crippen LogP contribution in [0.4, 0.5) is 0 Å². The zero-order valence-electron chi connectivity index (χ0n) is 12.0. The molecule has 21 heavy (non-hydrogen) atoms. The molecule has 1 aromatic heterocycles. The van der Waals surface area contributed by atoms with E-state index in [-0.39, 0.29) is 17.9 Å². The number of rotatable bonds is 3. The number of carbonyl (C=O) groups is 2. The lowest BCUT2D eigenvalue weighted by molar-refractivity contribution is -0.140. The highest BCUT2D eigenvalue weighted by Crippen LogP contribution is 2.17. The van der Waals surface area contributed by atoms with E-state index in [1.165, 1.54) is 0 Å². The normalized spacial score (nSPS) is 23.4. The van der Waals surface area contributed by atoms with Gasteiger partial charge in [0.1, 0.15) is 0 Å². The number of carbonyl (C=O) groups excluding carboxylic acids is 2. The number of piperazine rings is 1. The number of amides is 2. The molecule has 3 heterocycles. The van der Waals surface area contributed by atoms with Gasteiger partial charge in [0, 0.05) is 44.1 Å². The molecule has 114 valence electrons. The highest BCUT2D eigenvalue weighted by Gasteiger charge is 2.31. The van der Waals surface area contributed by atoms with Gasteiger partial charge in [-0.15, -0.1) is 0 Å². The van der Waals surface area contributed by atoms with Crippen molar-refractivity contribution in [1.29, 1.82) is 0 Å². The van der Waals surface area contributed by atoms with E-state index in [9.17, 15) is 9.59 Å². The summed E-state index contributed by atoms with van der Waals surface area (Å²) in [6, 6.07) is 1.98. The number of nitrogens with one attached hydrogen (secondary N) is 2. The van der Waals surface area contributed by atoms with Crippen molar-refractivity contribution in [3.8, 4) is 0 Å². The minimum Gasteiger partial charge on any atom is -0.340 e. The SMILES string of the molecule is O=C(Cc1ccn[nH]1)N1CCCC(N2CCNCC2=O)C1. The van der Waals surface area contributed by atoms with Gasteiger partial charge in [-0.05, 0) is 18.9 Å². The van der Waals surface area contributed by atoms with Gasteiger partial charge < -0.3 is 15.1 Å². The maximum atomic E-state index is 12.3. The van der Waals surface area contributed by atoms with Gasteiger partial charge in [0.2, 0.25) is 11.8 Å². The largest absolute Gasteiger partial charge is 0.340 e. The zero-order chi connectivity index (χ0) is 14.7. The van der Waals surface area contributed by atoms with Gasteiger partial charge in [0.25, 0.3) is 0 Å². The van der Waals surface area contributed by atoms with Crippen molar-refractivity contribution < 1.29 is 9.59 Å². The van der Waals surface area contributed by atoms with Crippen LogP contribution in [0.2, 0.25) is 0 Å². The van der Waals surface area contributed by atoms with E-state index < -0.39 is 0 Å². The third-order valence-electron chi connectivity index (χ3n) is 4.22. The fraction of sp³-hybridized carbons (Fsp3) is 0.643. The number of nitrogens with zero attached hydrogens (tertiary/aromatic N) is 3. The quantitative estimate of drug-likeness (QED) is 0.777. The van der Waals surface area contributed by atoms with E-state index in [1.54, 1.807) is 6.20 Å². The van der Waals surface area contributed by atoms with Crippen molar-refractivity contribution >= 4 is 11.8 Å². The maximum Gasteiger partial charge on any atom is 0.236 e. The van der Waals surface area contributed by atoms with Crippen molar-refractivity contribution in [2.75, 3.05) is 32.7 Å². The number of aromatic amines is 1. The van der Waals surface area contributed by atoms with Crippen molar-refractivity contribution in [2.45, 2.75) is 25.3 Å². The molecule has 2 amide bonds. The molecule has 0 spiro atoms. The second kappa shape index (κ2) is 6.26. The van der Waals surface area contributed by atoms with Gasteiger partial charge in [0.05, 0.1) is 13.0 Å². The van der Waals surface area contributed by atoms with E-state index >= 15 is 0 Å². The topological polar surface area (TPSA) is 81.3 Å². The summed E-state index contributed by atoms with van der Waals surface area (Å²) in [5.41, 5.74) is 0.834. The zero-order valence-corrected chi connectivity index (χ0v) is 12.0. The average Bonchev–Trinajstić information content (AvgIpc) is 3.01. The van der Waals surface area contributed by atoms with Crippen LogP contribution in [0.3, 0.4) is 0 Å². The number of piperidine rings is 1. The minimum absolute atomic E-state index is 0.103. The molecule has 2 fully saturated rings. The first-order valence-corrected chi connectivity index (χ1v) is 7.50. The summed E-state index contributed by atoms with van der Waals surface area (Å²) in [6.07, 6.45) is 3.94. The van der Waals surface area contributed by atoms with Crippen molar-refractivity contribution in [3.05, 3.63) is 18.0 Å². The monoisotopic (exact) mass is 291 g/mol. The molecule has 0 aliphatic carbocycles. The summed E-state index contributed by atoms with van der Waals surface area (Å²) in [4.78, 5) is 28.1. The second-order valence-electron chi connectivity index (χ2n) is 5.66. The van der Waals surface area contributed by atoms with Crippen LogP contribution in [0.15, 0.2) is 12.3 Å². The first kappa shape index (κ1) is 14.1. The Morgan fingerprint density at radius 1 is 1.43 bits per heavy atom. The van der Waals surface area contributed by atoms with E-state index in [0.717, 1.165) is 38.2 Å². The van der Waals surface area contributed by atoms with Gasteiger partial charge in [0.15, 0.2) is 0 Å². The molecular weight excluding hydrogens is 270 g/mol. The lowest BCUT2D eigenvalue weighted by Gasteiger charge is -2.41. The van der Waals surface area contributed by atoms with Crippen molar-refractivity contribution in [2.24, 2.45) is 0 Å². The fourth-order valence-corrected chi connectivity index (χ4v) is 3.10. The highest BCUT2D eigenvalue weighted by molar-refractivity contribution is 5.80. The molecule has 2 aliphatic heterocycles. The van der Waals surface area contributed by atoms with E-state index in [0.29, 0.717) is 19.5 Å². The summed E-state index contributed by atoms with van der Waals surface area (Å²) in [5.74, 6) is 0.251. The second-order valence-corrected chi connectivity index (χ2v) is 5.66. The molecule has 7 heteroatoms. The molecule has 0 bridgehead atoms. The Labute approximate surface area is 123 Å². The lowest BCUT2D eigenvalue weighted by Crippen LogP contribution is -2.57. The number of likely N-dealkylation sites (tertiary alicyclic amines) is 1. The molecule has 3 rings (SSSR count). The Morgan fingerprint density at radius 3 is 3.10 bits per heavy atom. The molecular formula is C14H21N5O2. The van der Waals surface area contributed by atoms with Crippen LogP contribution in [0.1, 0.15) is 18.5 Å². The molecule has 0 radical (unpaired) electrons. The molecule has 0 aromatic carbocycles. The first-order chi connectivity index (χ1) is 10.2. The number of H-pyrrole nitrogens is 1. The summed E-state index contributed by atoms with van der Waals surface area (Å²) < 4.78 is 0. The van der Waals surface area contributed by atoms with Crippen LogP contribution < -0.4 is 5.32 Å². The van der Waals surface area contributed by atoms with Crippen LogP contribution in [0, 0.1) is 0 Å². The Balaban J connectivity index is 1.59. The number of hydrogen-bond donors (Lipinski definition) is 2. The summed E-state index contributed by atoms with van der Waals surface area (Å²) in [5, 5.41) is 9.77. The summed E-state index contributed by atoms with van der Waals surface area (Å²) in [7, 11) is 0. The molecule has 1 unspecified atom stereocenters. The standard InChI is InChI=1S/C14H21N5O2/c20-13(8-11-3-4-16-17-11)18-6-1-2-12(10-18)19-7-5-15-9-14(19)21/h3-4,12,15H,1-2,5-10H2,(H,16,17). The molecule has 1 atom stereocenters. The summed E-state index contributed by atoms with van der Waals surface area (Å²) in [6.45, 7) is 3.43. The molecule has 2 saturated heterocycles. The first-order valence-electron chi connectivity index (χ1n) is 7.50. The molecule has 0 saturated carbocycles. The highest BCUT2D eigenvalue weighted by atomic mass is 16.2. The van der Waals surface area contributed by atoms with Gasteiger partial charge in [-0.3, -0.25) is 14.7 Å². The smallest absolute Gasteiger partial charge is 0.236 e. The van der Waals surface area contributed by atoms with Crippen molar-refractivity contribution in [1.82, 2.24) is 25.3 Å². The Morgan fingerprint density at radius 2 is 2.33 bits per heavy atom. The molecule has 7 nitrogen and oxygen atoms in total. The predicted octanol–water partition coefficient (Wildman–Crippen LogP) is -0.625. The minimum atomic E-state index is 0.103. The van der Waals surface area contributed by atoms with Crippen LogP contribution >= 0.6 is 0 Å². The Kier molecular flexibility index (Phi) is 4.19. The molecule has 2 N–H and O–H groups in total. The Bertz CT molecular complexity index is 501. The van der Waals surface area contributed by atoms with E-state index in [4.69, 9.17) is 0 Å². The summed E-state index contributed by atoms with van der Waals surface area (Å²) >= 11 is 0. The number of hydrogen-bond acceptors (Lipinski definition) is 4. The van der Waals surface area contributed by atoms with Gasteiger partial charge in [-0.25, -0.2) is 0 Å². The average molecular weight is 291 g/mol. The third kappa shape index (κ3) is 3.24. The molecule has 1 aromatic rings. The maximum absolute atomic E-state index is 12.3. The van der Waals surface area contributed by atoms with Crippen LogP contribution in [0.25, 0.3) is 0 Å². The van der Waals surface area contributed by atoms with Gasteiger partial charge >= 0.3 is 0 Å². The van der Waals surface area contributed by atoms with Gasteiger partial charge in [-0.2, -0.15) is 5.10 Å². The van der Waals surface area contributed by atoms with Crippen molar-refractivity contribution in [3.63, 3.8) is 0 Å². The Hall–Kier alpha value is -1.89. The fourth-order valence-electron chi connectivity index (χ4n) is 3.10.